The smallest absolute Gasteiger partial charge is 0.330 e. The van der Waals surface area contributed by atoms with E-state index in [9.17, 15) is 32.8 Å². The first-order chi connectivity index (χ1) is 21.5. The summed E-state index contributed by atoms with van der Waals surface area (Å²) in [7, 11) is 0. The monoisotopic (exact) mass is 623 g/mol. The van der Waals surface area contributed by atoms with Crippen molar-refractivity contribution in [1.82, 2.24) is 15.0 Å². The quantitative estimate of drug-likeness (QED) is 0.230. The molecular weight excluding hydrogens is 592 g/mol. The van der Waals surface area contributed by atoms with E-state index in [1.807, 2.05) is 0 Å². The van der Waals surface area contributed by atoms with Gasteiger partial charge in [-0.25, -0.2) is 13.6 Å². The third kappa shape index (κ3) is 7.77. The van der Waals surface area contributed by atoms with Gasteiger partial charge in [-0.15, -0.1) is 0 Å². The SMILES string of the molecule is C=Cc1cc(F)c(F)cc1N(C(=O)Cn1cccc(NC(=O)c2cc(C)on2)c1=O)[C@H](/C=C/C(=O)OCC)C[C@@H]1CCNC1=O. The van der Waals surface area contributed by atoms with Crippen LogP contribution in [0.3, 0.4) is 0 Å². The van der Waals surface area contributed by atoms with Gasteiger partial charge in [-0.05, 0) is 44.9 Å². The lowest BCUT2D eigenvalue weighted by Gasteiger charge is -2.33. The summed E-state index contributed by atoms with van der Waals surface area (Å²) in [6.45, 7) is 6.71. The summed E-state index contributed by atoms with van der Waals surface area (Å²) >= 11 is 0. The van der Waals surface area contributed by atoms with Gasteiger partial charge in [0.2, 0.25) is 11.8 Å². The summed E-state index contributed by atoms with van der Waals surface area (Å²) in [5, 5.41) is 8.77. The molecule has 1 saturated heterocycles. The highest BCUT2D eigenvalue weighted by Crippen LogP contribution is 2.31. The van der Waals surface area contributed by atoms with Crippen LogP contribution in [-0.4, -0.2) is 52.6 Å². The van der Waals surface area contributed by atoms with Crippen molar-refractivity contribution in [3.8, 4) is 0 Å². The first-order valence-electron chi connectivity index (χ1n) is 14.0. The second-order valence-electron chi connectivity index (χ2n) is 10.1. The van der Waals surface area contributed by atoms with E-state index in [2.05, 4.69) is 22.4 Å². The number of halogens is 2. The van der Waals surface area contributed by atoms with E-state index in [-0.39, 0.29) is 41.6 Å². The molecule has 236 valence electrons. The van der Waals surface area contributed by atoms with Crippen molar-refractivity contribution in [1.29, 1.82) is 0 Å². The summed E-state index contributed by atoms with van der Waals surface area (Å²) < 4.78 is 39.8. The van der Waals surface area contributed by atoms with Gasteiger partial charge >= 0.3 is 5.97 Å². The maximum absolute atomic E-state index is 14.7. The molecule has 0 bridgehead atoms. The molecule has 2 N–H and O–H groups in total. The Hall–Kier alpha value is -5.40. The number of ether oxygens (including phenoxy) is 1. The summed E-state index contributed by atoms with van der Waals surface area (Å²) in [6.07, 6.45) is 5.40. The molecule has 3 amide bonds. The Bertz CT molecular complexity index is 1710. The highest BCUT2D eigenvalue weighted by molar-refractivity contribution is 6.02. The van der Waals surface area contributed by atoms with Crippen LogP contribution in [0, 0.1) is 24.5 Å². The number of anilines is 2. The fourth-order valence-electron chi connectivity index (χ4n) is 4.87. The molecule has 1 aromatic carbocycles. The number of carbonyl (C=O) groups excluding carboxylic acids is 4. The van der Waals surface area contributed by atoms with Gasteiger partial charge in [-0.2, -0.15) is 0 Å². The summed E-state index contributed by atoms with van der Waals surface area (Å²) in [6, 6.07) is 4.76. The summed E-state index contributed by atoms with van der Waals surface area (Å²) in [5.74, 6) is -5.12. The molecule has 45 heavy (non-hydrogen) atoms. The van der Waals surface area contributed by atoms with Crippen molar-refractivity contribution in [3.63, 3.8) is 0 Å². The van der Waals surface area contributed by atoms with Crippen LogP contribution in [0.1, 0.15) is 41.6 Å². The van der Waals surface area contributed by atoms with E-state index in [0.29, 0.717) is 18.7 Å². The van der Waals surface area contributed by atoms with E-state index in [4.69, 9.17) is 9.26 Å². The number of hydrogen-bond donors (Lipinski definition) is 2. The van der Waals surface area contributed by atoms with Crippen LogP contribution in [0.25, 0.3) is 6.08 Å². The van der Waals surface area contributed by atoms with Crippen molar-refractivity contribution >= 4 is 41.1 Å². The number of aryl methyl sites for hydroxylation is 1. The van der Waals surface area contributed by atoms with E-state index in [1.165, 1.54) is 36.5 Å². The van der Waals surface area contributed by atoms with Crippen LogP contribution in [0.15, 0.2) is 64.6 Å². The number of aromatic nitrogens is 2. The van der Waals surface area contributed by atoms with Crippen molar-refractivity contribution in [2.24, 2.45) is 5.92 Å². The second kappa shape index (κ2) is 14.4. The van der Waals surface area contributed by atoms with Crippen LogP contribution in [-0.2, 0) is 25.7 Å². The number of benzene rings is 1. The minimum Gasteiger partial charge on any atom is -0.463 e. The van der Waals surface area contributed by atoms with Gasteiger partial charge in [0.25, 0.3) is 11.5 Å². The lowest BCUT2D eigenvalue weighted by atomic mass is 9.95. The summed E-state index contributed by atoms with van der Waals surface area (Å²) in [4.78, 5) is 65.9. The number of pyridine rings is 1. The lowest BCUT2D eigenvalue weighted by molar-refractivity contribution is -0.137. The minimum atomic E-state index is -1.26. The molecule has 4 rings (SSSR count). The lowest BCUT2D eigenvalue weighted by Crippen LogP contribution is -2.44. The van der Waals surface area contributed by atoms with Crippen LogP contribution >= 0.6 is 0 Å². The van der Waals surface area contributed by atoms with Crippen molar-refractivity contribution in [2.45, 2.75) is 39.3 Å². The van der Waals surface area contributed by atoms with Crippen molar-refractivity contribution in [2.75, 3.05) is 23.4 Å². The number of amides is 3. The van der Waals surface area contributed by atoms with Gasteiger partial charge in [0, 0.05) is 42.4 Å². The zero-order valence-corrected chi connectivity index (χ0v) is 24.5. The number of carbonyl (C=O) groups is 4. The fraction of sp³-hybridized carbons (Fsp3) is 0.290. The molecule has 12 nitrogen and oxygen atoms in total. The molecule has 0 saturated carbocycles. The molecule has 0 spiro atoms. The van der Waals surface area contributed by atoms with E-state index >= 15 is 0 Å². The van der Waals surface area contributed by atoms with Gasteiger partial charge < -0.3 is 29.4 Å². The molecule has 14 heteroatoms. The third-order valence-electron chi connectivity index (χ3n) is 7.01. The van der Waals surface area contributed by atoms with Gasteiger partial charge in [-0.3, -0.25) is 19.2 Å². The number of rotatable bonds is 12. The first kappa shape index (κ1) is 32.5. The highest BCUT2D eigenvalue weighted by Gasteiger charge is 2.33. The average Bonchev–Trinajstić information content (AvgIpc) is 3.63. The van der Waals surface area contributed by atoms with E-state index in [0.717, 1.165) is 27.7 Å². The Balaban J connectivity index is 1.75. The van der Waals surface area contributed by atoms with E-state index < -0.39 is 53.5 Å². The Morgan fingerprint density at radius 3 is 2.67 bits per heavy atom. The van der Waals surface area contributed by atoms with Crippen LogP contribution < -0.4 is 21.1 Å². The van der Waals surface area contributed by atoms with Gasteiger partial charge in [0.05, 0.1) is 18.3 Å². The molecule has 0 radical (unpaired) electrons. The highest BCUT2D eigenvalue weighted by atomic mass is 19.2. The number of hydrogen-bond acceptors (Lipinski definition) is 8. The average molecular weight is 624 g/mol. The minimum absolute atomic E-state index is 0.00513. The van der Waals surface area contributed by atoms with Gasteiger partial charge in [0.15, 0.2) is 17.3 Å². The molecule has 3 aromatic rings. The predicted molar refractivity (Wildman–Crippen MR) is 159 cm³/mol. The Morgan fingerprint density at radius 2 is 2.02 bits per heavy atom. The van der Waals surface area contributed by atoms with Crippen LogP contribution in [0.5, 0.6) is 0 Å². The normalized spacial score (nSPS) is 15.0. The van der Waals surface area contributed by atoms with Crippen molar-refractivity contribution in [3.05, 3.63) is 94.3 Å². The molecule has 3 heterocycles. The standard InChI is InChI=1S/C31H31F2N5O7/c1-4-19-15-22(32)23(33)16-26(19)38(21(8-9-28(40)44-5-2)14-20-10-11-34-29(20)41)27(39)17-37-12-6-7-24(31(37)43)35-30(42)25-13-18(3)45-36-25/h4,6-9,12-13,15-16,20-21H,1,5,10-11,14,17H2,2-3H3,(H,34,41)(H,35,42)/b9-8+/t20-,21+/m0/s1. The zero-order chi connectivity index (χ0) is 32.7. The van der Waals surface area contributed by atoms with Crippen molar-refractivity contribution < 1.29 is 37.2 Å². The maximum atomic E-state index is 14.7. The second-order valence-corrected chi connectivity index (χ2v) is 10.1. The molecule has 1 aliphatic heterocycles. The largest absolute Gasteiger partial charge is 0.463 e. The maximum Gasteiger partial charge on any atom is 0.330 e. The first-order valence-corrected chi connectivity index (χ1v) is 14.0. The Morgan fingerprint density at radius 1 is 1.27 bits per heavy atom. The summed E-state index contributed by atoms with van der Waals surface area (Å²) in [5.41, 5.74) is -1.04. The number of nitrogens with one attached hydrogen (secondary N) is 2. The topological polar surface area (TPSA) is 153 Å². The molecule has 0 aliphatic carbocycles. The number of esters is 1. The third-order valence-corrected chi connectivity index (χ3v) is 7.01. The fourth-order valence-corrected chi connectivity index (χ4v) is 4.87. The molecular formula is C31H31F2N5O7. The molecule has 2 aromatic heterocycles. The Labute approximate surface area is 256 Å². The molecule has 1 fully saturated rings. The molecule has 2 atom stereocenters. The van der Waals surface area contributed by atoms with Crippen LogP contribution in [0.2, 0.25) is 0 Å². The Kier molecular flexibility index (Phi) is 10.4. The zero-order valence-electron chi connectivity index (χ0n) is 24.5. The number of nitrogens with zero attached hydrogens (tertiary/aromatic N) is 3. The molecule has 1 aliphatic rings. The molecule has 0 unspecified atom stereocenters. The van der Waals surface area contributed by atoms with Crippen LogP contribution in [0.4, 0.5) is 20.2 Å². The van der Waals surface area contributed by atoms with E-state index in [1.54, 1.807) is 13.8 Å². The van der Waals surface area contributed by atoms with Gasteiger partial charge in [-0.1, -0.05) is 23.9 Å². The predicted octanol–water partition coefficient (Wildman–Crippen LogP) is 3.37. The van der Waals surface area contributed by atoms with Gasteiger partial charge in [0.1, 0.15) is 18.0 Å².